The highest BCUT2D eigenvalue weighted by Gasteiger charge is 2.36. The van der Waals surface area contributed by atoms with Gasteiger partial charge < -0.3 is 0 Å². The molecule has 2 fully saturated rings. The molecule has 3 aliphatic carbocycles. The Morgan fingerprint density at radius 2 is 1.50 bits per heavy atom. The average molecular weight is 409 g/mol. The summed E-state index contributed by atoms with van der Waals surface area (Å²) < 4.78 is 0. The standard InChI is InChI=1S/C30H48/c1-3-5-7-8-10-24-12-14-28-22-30(18-16-26(28)20-24)29-17-15-25-19-23(9-6-4-2)11-13-27(25)21-29/h15,17,21,23-24,26,28,30H,3-14,16,18-20,22H2,1-2H3. The fourth-order valence-corrected chi connectivity index (χ4v) is 7.25. The molecule has 0 heteroatoms. The first kappa shape index (κ1) is 22.4. The topological polar surface area (TPSA) is 0 Å². The number of hydrogen-bond acceptors (Lipinski definition) is 0. The molecule has 0 saturated heterocycles. The van der Waals surface area contributed by atoms with Crippen LogP contribution in [-0.4, -0.2) is 0 Å². The molecule has 5 unspecified atom stereocenters. The molecule has 0 amide bonds. The van der Waals surface area contributed by atoms with Crippen LogP contribution in [0.4, 0.5) is 0 Å². The summed E-state index contributed by atoms with van der Waals surface area (Å²) in [5.41, 5.74) is 5.09. The minimum absolute atomic E-state index is 0.857. The zero-order valence-corrected chi connectivity index (χ0v) is 20.1. The van der Waals surface area contributed by atoms with Crippen molar-refractivity contribution in [3.05, 3.63) is 34.9 Å². The van der Waals surface area contributed by atoms with Crippen LogP contribution in [0, 0.1) is 23.7 Å². The Bertz CT molecular complexity index is 643. The minimum atomic E-state index is 0.857. The lowest BCUT2D eigenvalue weighted by atomic mass is 9.63. The summed E-state index contributed by atoms with van der Waals surface area (Å²) >= 11 is 0. The van der Waals surface area contributed by atoms with Crippen molar-refractivity contribution in [3.8, 4) is 0 Å². The Kier molecular flexibility index (Phi) is 8.36. The predicted molar refractivity (Wildman–Crippen MR) is 131 cm³/mol. The van der Waals surface area contributed by atoms with Crippen LogP contribution in [-0.2, 0) is 12.8 Å². The van der Waals surface area contributed by atoms with Gasteiger partial charge in [-0.1, -0.05) is 89.8 Å². The van der Waals surface area contributed by atoms with Crippen LogP contribution >= 0.6 is 0 Å². The van der Waals surface area contributed by atoms with E-state index in [4.69, 9.17) is 0 Å². The van der Waals surface area contributed by atoms with Gasteiger partial charge in [0.2, 0.25) is 0 Å². The lowest BCUT2D eigenvalue weighted by molar-refractivity contribution is 0.113. The Balaban J connectivity index is 1.28. The Morgan fingerprint density at radius 3 is 2.37 bits per heavy atom. The first-order valence-electron chi connectivity index (χ1n) is 13.9. The highest BCUT2D eigenvalue weighted by Crippen LogP contribution is 2.48. The summed E-state index contributed by atoms with van der Waals surface area (Å²) in [7, 11) is 0. The number of rotatable bonds is 9. The molecule has 1 aromatic carbocycles. The number of unbranched alkanes of at least 4 members (excludes halogenated alkanes) is 4. The number of benzene rings is 1. The van der Waals surface area contributed by atoms with Crippen molar-refractivity contribution in [2.75, 3.05) is 0 Å². The van der Waals surface area contributed by atoms with Gasteiger partial charge in [0.25, 0.3) is 0 Å². The third-order valence-corrected chi connectivity index (χ3v) is 9.19. The lowest BCUT2D eigenvalue weighted by Crippen LogP contribution is -2.30. The highest BCUT2D eigenvalue weighted by atomic mass is 14.4. The molecule has 5 atom stereocenters. The van der Waals surface area contributed by atoms with Gasteiger partial charge in [0.1, 0.15) is 0 Å². The van der Waals surface area contributed by atoms with Gasteiger partial charge >= 0.3 is 0 Å². The molecule has 30 heavy (non-hydrogen) atoms. The molecule has 4 rings (SSSR count). The Morgan fingerprint density at radius 1 is 0.700 bits per heavy atom. The van der Waals surface area contributed by atoms with E-state index >= 15 is 0 Å². The molecular formula is C30H48. The largest absolute Gasteiger partial charge is 0.0654 e. The van der Waals surface area contributed by atoms with Gasteiger partial charge in [-0.15, -0.1) is 0 Å². The van der Waals surface area contributed by atoms with E-state index < -0.39 is 0 Å². The monoisotopic (exact) mass is 408 g/mol. The molecule has 0 N–H and O–H groups in total. The summed E-state index contributed by atoms with van der Waals surface area (Å²) in [6.45, 7) is 4.66. The summed E-state index contributed by atoms with van der Waals surface area (Å²) in [6, 6.07) is 7.71. The van der Waals surface area contributed by atoms with Crippen molar-refractivity contribution in [2.45, 2.75) is 129 Å². The number of hydrogen-bond donors (Lipinski definition) is 0. The van der Waals surface area contributed by atoms with E-state index in [9.17, 15) is 0 Å². The van der Waals surface area contributed by atoms with Crippen molar-refractivity contribution in [1.29, 1.82) is 0 Å². The van der Waals surface area contributed by atoms with Gasteiger partial charge in [0, 0.05) is 0 Å². The molecule has 168 valence electrons. The van der Waals surface area contributed by atoms with Crippen LogP contribution in [0.25, 0.3) is 0 Å². The van der Waals surface area contributed by atoms with E-state index in [1.807, 2.05) is 0 Å². The van der Waals surface area contributed by atoms with E-state index in [1.54, 1.807) is 23.1 Å². The van der Waals surface area contributed by atoms with E-state index in [0.717, 1.165) is 29.6 Å². The van der Waals surface area contributed by atoms with Crippen LogP contribution in [0.2, 0.25) is 0 Å². The molecule has 0 spiro atoms. The summed E-state index contributed by atoms with van der Waals surface area (Å²) in [4.78, 5) is 0. The molecule has 0 heterocycles. The maximum atomic E-state index is 2.65. The fourth-order valence-electron chi connectivity index (χ4n) is 7.25. The van der Waals surface area contributed by atoms with Gasteiger partial charge in [-0.05, 0) is 97.6 Å². The zero-order chi connectivity index (χ0) is 20.8. The highest BCUT2D eigenvalue weighted by molar-refractivity contribution is 5.36. The fraction of sp³-hybridized carbons (Fsp3) is 0.800. The van der Waals surface area contributed by atoms with E-state index in [2.05, 4.69) is 32.0 Å². The second-order valence-corrected chi connectivity index (χ2v) is 11.3. The number of aryl methyl sites for hydroxylation is 1. The maximum Gasteiger partial charge on any atom is -0.0159 e. The van der Waals surface area contributed by atoms with Crippen molar-refractivity contribution < 1.29 is 0 Å². The Hall–Kier alpha value is -0.780. The van der Waals surface area contributed by atoms with Gasteiger partial charge in [-0.3, -0.25) is 0 Å². The second-order valence-electron chi connectivity index (χ2n) is 11.3. The SMILES string of the molecule is CCCCCCC1CCC2CC(c3ccc4c(c3)CCC(CCCC)C4)CCC2C1. The predicted octanol–water partition coefficient (Wildman–Crippen LogP) is 9.25. The lowest BCUT2D eigenvalue weighted by Gasteiger charge is -2.42. The van der Waals surface area contributed by atoms with Crippen LogP contribution in [0.1, 0.15) is 133 Å². The Labute approximate surface area is 187 Å². The summed E-state index contributed by atoms with van der Waals surface area (Å²) in [5, 5.41) is 0. The maximum absolute atomic E-state index is 2.65. The number of fused-ring (bicyclic) bond motifs is 2. The molecule has 0 aromatic heterocycles. The molecule has 2 saturated carbocycles. The molecule has 0 radical (unpaired) electrons. The smallest absolute Gasteiger partial charge is 0.0159 e. The van der Waals surface area contributed by atoms with Crippen molar-refractivity contribution in [2.24, 2.45) is 23.7 Å². The van der Waals surface area contributed by atoms with Gasteiger partial charge in [0.05, 0.1) is 0 Å². The first-order chi connectivity index (χ1) is 14.8. The summed E-state index contributed by atoms with van der Waals surface area (Å²) in [5.74, 6) is 4.96. The van der Waals surface area contributed by atoms with Gasteiger partial charge in [-0.25, -0.2) is 0 Å². The molecular weight excluding hydrogens is 360 g/mol. The van der Waals surface area contributed by atoms with E-state index in [0.29, 0.717) is 0 Å². The van der Waals surface area contributed by atoms with Crippen molar-refractivity contribution in [1.82, 2.24) is 0 Å². The second kappa shape index (κ2) is 11.2. The van der Waals surface area contributed by atoms with Crippen LogP contribution in [0.3, 0.4) is 0 Å². The minimum Gasteiger partial charge on any atom is -0.0654 e. The van der Waals surface area contributed by atoms with Crippen LogP contribution in [0.15, 0.2) is 18.2 Å². The van der Waals surface area contributed by atoms with Crippen molar-refractivity contribution in [3.63, 3.8) is 0 Å². The van der Waals surface area contributed by atoms with Crippen LogP contribution in [0.5, 0.6) is 0 Å². The molecule has 0 aliphatic heterocycles. The molecule has 0 bridgehead atoms. The molecule has 1 aromatic rings. The molecule has 3 aliphatic rings. The van der Waals surface area contributed by atoms with Gasteiger partial charge in [0.15, 0.2) is 0 Å². The third kappa shape index (κ3) is 5.72. The quantitative estimate of drug-likeness (QED) is 0.357. The molecule has 0 nitrogen and oxygen atoms in total. The van der Waals surface area contributed by atoms with Crippen molar-refractivity contribution >= 4 is 0 Å². The zero-order valence-electron chi connectivity index (χ0n) is 20.1. The first-order valence-corrected chi connectivity index (χ1v) is 13.9. The van der Waals surface area contributed by atoms with Gasteiger partial charge in [-0.2, -0.15) is 0 Å². The van der Waals surface area contributed by atoms with E-state index in [1.165, 1.54) is 103 Å². The van der Waals surface area contributed by atoms with E-state index in [-0.39, 0.29) is 0 Å². The average Bonchev–Trinajstić information content (AvgIpc) is 2.79. The normalized spacial score (nSPS) is 31.2. The summed E-state index contributed by atoms with van der Waals surface area (Å²) in [6.07, 6.45) is 24.7. The third-order valence-electron chi connectivity index (χ3n) is 9.19. The van der Waals surface area contributed by atoms with Crippen LogP contribution < -0.4 is 0 Å².